The topological polar surface area (TPSA) is 124 Å². The third kappa shape index (κ3) is 4.11. The Morgan fingerprint density at radius 1 is 1.16 bits per heavy atom. The van der Waals surface area contributed by atoms with Crippen LogP contribution >= 0.6 is 0 Å². The lowest BCUT2D eigenvalue weighted by molar-refractivity contribution is 0.0698. The van der Waals surface area contributed by atoms with E-state index in [1.54, 1.807) is 18.2 Å². The molecule has 31 heavy (non-hydrogen) atoms. The summed E-state index contributed by atoms with van der Waals surface area (Å²) >= 11 is 0. The Labute approximate surface area is 179 Å². The summed E-state index contributed by atoms with van der Waals surface area (Å²) in [7, 11) is -2.68. The van der Waals surface area contributed by atoms with Crippen LogP contribution in [-0.4, -0.2) is 56.9 Å². The zero-order valence-corrected chi connectivity index (χ0v) is 17.6. The molecule has 0 saturated carbocycles. The molecular formula is C20H22N2O8S. The van der Waals surface area contributed by atoms with Gasteiger partial charge in [0.2, 0.25) is 16.8 Å². The van der Waals surface area contributed by atoms with Gasteiger partial charge in [0.25, 0.3) is 5.91 Å². The van der Waals surface area contributed by atoms with E-state index in [1.807, 2.05) is 0 Å². The lowest BCUT2D eigenvalue weighted by atomic mass is 10.1. The van der Waals surface area contributed by atoms with Gasteiger partial charge in [0.05, 0.1) is 12.0 Å². The highest BCUT2D eigenvalue weighted by atomic mass is 32.2. The van der Waals surface area contributed by atoms with Crippen LogP contribution in [0.4, 0.5) is 0 Å². The van der Waals surface area contributed by atoms with Gasteiger partial charge in [0.1, 0.15) is 23.2 Å². The summed E-state index contributed by atoms with van der Waals surface area (Å²) in [6.07, 6.45) is 0.774. The molecule has 10 nitrogen and oxygen atoms in total. The number of benzene rings is 2. The summed E-state index contributed by atoms with van der Waals surface area (Å²) in [5.74, 6) is 0.991. The first-order valence-corrected chi connectivity index (χ1v) is 11.1. The van der Waals surface area contributed by atoms with Gasteiger partial charge in [-0.3, -0.25) is 10.0 Å². The number of rotatable bonds is 6. The van der Waals surface area contributed by atoms with Crippen molar-refractivity contribution in [1.29, 1.82) is 0 Å². The second-order valence-electron chi connectivity index (χ2n) is 7.01. The smallest absolute Gasteiger partial charge is 0.279 e. The number of hydrogen-bond donors (Lipinski definition) is 2. The van der Waals surface area contributed by atoms with E-state index < -0.39 is 15.9 Å². The van der Waals surface area contributed by atoms with E-state index in [1.165, 1.54) is 35.1 Å². The number of ether oxygens (including phenoxy) is 4. The molecule has 0 aromatic heterocycles. The number of methoxy groups -OCH3 is 1. The van der Waals surface area contributed by atoms with Crippen LogP contribution in [0.1, 0.15) is 23.2 Å². The molecule has 2 aliphatic heterocycles. The monoisotopic (exact) mass is 450 g/mol. The minimum absolute atomic E-state index is 0.0497. The number of sulfonamides is 1. The fraction of sp³-hybridized carbons (Fsp3) is 0.350. The summed E-state index contributed by atoms with van der Waals surface area (Å²) in [5.41, 5.74) is 1.24. The Kier molecular flexibility index (Phi) is 5.90. The highest BCUT2D eigenvalue weighted by Crippen LogP contribution is 2.36. The van der Waals surface area contributed by atoms with Crippen LogP contribution < -0.4 is 24.4 Å². The third-order valence-electron chi connectivity index (χ3n) is 5.20. The van der Waals surface area contributed by atoms with E-state index in [0.717, 1.165) is 0 Å². The van der Waals surface area contributed by atoms with Crippen molar-refractivity contribution in [3.63, 3.8) is 0 Å². The summed E-state index contributed by atoms with van der Waals surface area (Å²) in [4.78, 5) is 11.9. The maximum Gasteiger partial charge on any atom is 0.279 e. The summed E-state index contributed by atoms with van der Waals surface area (Å²) in [5, 5.41) is 9.05. The normalized spacial score (nSPS) is 16.7. The number of carbonyl (C=O) groups is 1. The number of hydrogen-bond acceptors (Lipinski definition) is 8. The maximum absolute atomic E-state index is 13.2. The Balaban J connectivity index is 1.48. The van der Waals surface area contributed by atoms with Crippen molar-refractivity contribution in [1.82, 2.24) is 9.79 Å². The summed E-state index contributed by atoms with van der Waals surface area (Å²) in [6.45, 7) is 0.611. The standard InChI is InChI=1S/C20H22N2O8S/c1-27-16-3-2-4-18(19(16)20(23)21-24)31(25,26)22-9-7-13(8-10-22)30-14-5-6-15-17(11-14)29-12-28-15/h2-6,11,13,24H,7-10,12H2,1H3,(H,21,23). The van der Waals surface area contributed by atoms with Gasteiger partial charge in [-0.1, -0.05) is 6.07 Å². The Bertz CT molecular complexity index is 1080. The fourth-order valence-electron chi connectivity index (χ4n) is 3.65. The van der Waals surface area contributed by atoms with E-state index in [4.69, 9.17) is 24.2 Å². The predicted octanol–water partition coefficient (Wildman–Crippen LogP) is 1.77. The van der Waals surface area contributed by atoms with Crippen molar-refractivity contribution >= 4 is 15.9 Å². The molecule has 1 saturated heterocycles. The van der Waals surface area contributed by atoms with Crippen LogP contribution in [0.25, 0.3) is 0 Å². The second-order valence-corrected chi connectivity index (χ2v) is 8.92. The van der Waals surface area contributed by atoms with E-state index >= 15 is 0 Å². The number of amides is 1. The SMILES string of the molecule is COc1cccc(S(=O)(=O)N2CCC(Oc3ccc4c(c3)OCO4)CC2)c1C(=O)NO. The molecule has 0 unspecified atom stereocenters. The van der Waals surface area contributed by atoms with Gasteiger partial charge < -0.3 is 18.9 Å². The molecule has 4 rings (SSSR count). The highest BCUT2D eigenvalue weighted by molar-refractivity contribution is 7.89. The molecule has 1 fully saturated rings. The van der Waals surface area contributed by atoms with Crippen molar-refractivity contribution < 1.29 is 37.4 Å². The third-order valence-corrected chi connectivity index (χ3v) is 7.14. The van der Waals surface area contributed by atoms with E-state index in [-0.39, 0.29) is 42.2 Å². The highest BCUT2D eigenvalue weighted by Gasteiger charge is 2.34. The summed E-state index contributed by atoms with van der Waals surface area (Å²) in [6, 6.07) is 9.56. The molecule has 1 amide bonds. The van der Waals surface area contributed by atoms with Crippen molar-refractivity contribution in [3.05, 3.63) is 42.0 Å². The van der Waals surface area contributed by atoms with Gasteiger partial charge in [0.15, 0.2) is 11.5 Å². The lowest BCUT2D eigenvalue weighted by Gasteiger charge is -2.32. The van der Waals surface area contributed by atoms with Gasteiger partial charge in [-0.2, -0.15) is 4.31 Å². The Hall–Kier alpha value is -3.02. The molecule has 2 aromatic carbocycles. The summed E-state index contributed by atoms with van der Waals surface area (Å²) < 4.78 is 49.5. The Morgan fingerprint density at radius 2 is 1.90 bits per heavy atom. The molecule has 2 N–H and O–H groups in total. The Morgan fingerprint density at radius 3 is 2.61 bits per heavy atom. The first kappa shape index (κ1) is 21.2. The van der Waals surface area contributed by atoms with Crippen molar-refractivity contribution in [2.45, 2.75) is 23.8 Å². The fourth-order valence-corrected chi connectivity index (χ4v) is 5.32. The van der Waals surface area contributed by atoms with Crippen LogP contribution in [0.3, 0.4) is 0 Å². The van der Waals surface area contributed by atoms with Crippen LogP contribution in [-0.2, 0) is 10.0 Å². The van der Waals surface area contributed by atoms with Crippen molar-refractivity contribution in [2.24, 2.45) is 0 Å². The maximum atomic E-state index is 13.2. The predicted molar refractivity (Wildman–Crippen MR) is 107 cm³/mol. The largest absolute Gasteiger partial charge is 0.496 e. The van der Waals surface area contributed by atoms with Gasteiger partial charge in [-0.15, -0.1) is 0 Å². The minimum Gasteiger partial charge on any atom is -0.496 e. The number of piperidine rings is 1. The average molecular weight is 450 g/mol. The van der Waals surface area contributed by atoms with E-state index in [0.29, 0.717) is 30.1 Å². The van der Waals surface area contributed by atoms with Crippen LogP contribution in [0, 0.1) is 0 Å². The molecule has 0 atom stereocenters. The molecule has 11 heteroatoms. The molecule has 166 valence electrons. The van der Waals surface area contributed by atoms with Gasteiger partial charge in [-0.25, -0.2) is 13.9 Å². The molecule has 2 aliphatic rings. The van der Waals surface area contributed by atoms with Crippen LogP contribution in [0.2, 0.25) is 0 Å². The minimum atomic E-state index is -4.00. The number of hydroxylamine groups is 1. The van der Waals surface area contributed by atoms with E-state index in [9.17, 15) is 13.2 Å². The molecular weight excluding hydrogens is 428 g/mol. The molecule has 0 bridgehead atoms. The van der Waals surface area contributed by atoms with Gasteiger partial charge in [-0.05, 0) is 37.1 Å². The zero-order valence-electron chi connectivity index (χ0n) is 16.7. The molecule has 2 heterocycles. The second kappa shape index (κ2) is 8.61. The zero-order chi connectivity index (χ0) is 22.0. The van der Waals surface area contributed by atoms with E-state index in [2.05, 4.69) is 0 Å². The lowest BCUT2D eigenvalue weighted by Crippen LogP contribution is -2.42. The molecule has 0 aliphatic carbocycles. The van der Waals surface area contributed by atoms with Crippen LogP contribution in [0.5, 0.6) is 23.0 Å². The molecule has 0 radical (unpaired) electrons. The number of nitrogens with one attached hydrogen (secondary N) is 1. The number of carbonyl (C=O) groups excluding carboxylic acids is 1. The van der Waals surface area contributed by atoms with Crippen molar-refractivity contribution in [3.8, 4) is 23.0 Å². The first-order valence-electron chi connectivity index (χ1n) is 9.62. The number of nitrogens with zero attached hydrogens (tertiary/aromatic N) is 1. The first-order chi connectivity index (χ1) is 14.9. The average Bonchev–Trinajstić information content (AvgIpc) is 3.26. The number of fused-ring (bicyclic) bond motifs is 1. The molecule has 2 aromatic rings. The van der Waals surface area contributed by atoms with Gasteiger partial charge in [0, 0.05) is 19.2 Å². The van der Waals surface area contributed by atoms with Gasteiger partial charge >= 0.3 is 0 Å². The van der Waals surface area contributed by atoms with Crippen molar-refractivity contribution in [2.75, 3.05) is 27.0 Å². The quantitative estimate of drug-likeness (QED) is 0.504. The molecule has 0 spiro atoms. The van der Waals surface area contributed by atoms with Crippen LogP contribution in [0.15, 0.2) is 41.3 Å².